The van der Waals surface area contributed by atoms with Crippen LogP contribution in [0.2, 0.25) is 0 Å². The zero-order chi connectivity index (χ0) is 16.9. The van der Waals surface area contributed by atoms with Gasteiger partial charge in [-0.25, -0.2) is 0 Å². The molecule has 4 heteroatoms. The molecule has 0 heterocycles. The smallest absolute Gasteiger partial charge is 0.302 e. The summed E-state index contributed by atoms with van der Waals surface area (Å²) in [6.07, 6.45) is 9.28. The van der Waals surface area contributed by atoms with E-state index in [1.165, 1.54) is 6.92 Å². The Hall–Kier alpha value is -1.19. The quantitative estimate of drug-likeness (QED) is 0.385. The van der Waals surface area contributed by atoms with E-state index < -0.39 is 5.41 Å². The minimum atomic E-state index is -0.676. The number of carbonyl (C=O) groups excluding carboxylic acids is 3. The summed E-state index contributed by atoms with van der Waals surface area (Å²) in [5.74, 6) is 0.259. The number of Topliss-reactive ketones (excluding diaryl/α,β-unsaturated/α-hetero) is 2. The van der Waals surface area contributed by atoms with Crippen molar-refractivity contribution in [1.29, 1.82) is 0 Å². The molecule has 2 rings (SSSR count). The van der Waals surface area contributed by atoms with Gasteiger partial charge in [-0.05, 0) is 44.4 Å². The van der Waals surface area contributed by atoms with Gasteiger partial charge in [0.2, 0.25) is 0 Å². The molecule has 2 aliphatic rings. The molecule has 2 aliphatic carbocycles. The standard InChI is InChI=1S/C19H30O4/c1-3-4-5-8-16(23-14(2)20)10-9-15-7-6-13-19(15)17(21)11-12-18(19)22/h15-16H,3-13H2,1-2H3. The molecule has 0 radical (unpaired) electrons. The summed E-state index contributed by atoms with van der Waals surface area (Å²) >= 11 is 0. The van der Waals surface area contributed by atoms with E-state index >= 15 is 0 Å². The first kappa shape index (κ1) is 18.2. The van der Waals surface area contributed by atoms with Gasteiger partial charge >= 0.3 is 5.97 Å². The van der Waals surface area contributed by atoms with E-state index in [1.54, 1.807) is 0 Å². The van der Waals surface area contributed by atoms with E-state index in [9.17, 15) is 14.4 Å². The van der Waals surface area contributed by atoms with Gasteiger partial charge in [0, 0.05) is 19.8 Å². The van der Waals surface area contributed by atoms with E-state index in [1.807, 2.05) is 0 Å². The molecule has 2 atom stereocenters. The number of hydrogen-bond donors (Lipinski definition) is 0. The van der Waals surface area contributed by atoms with Crippen LogP contribution in [0.1, 0.15) is 84.5 Å². The Labute approximate surface area is 139 Å². The van der Waals surface area contributed by atoms with E-state index in [2.05, 4.69) is 6.92 Å². The second-order valence-electron chi connectivity index (χ2n) is 7.21. The Balaban J connectivity index is 1.94. The topological polar surface area (TPSA) is 60.4 Å². The van der Waals surface area contributed by atoms with Crippen molar-refractivity contribution in [3.05, 3.63) is 0 Å². The second kappa shape index (κ2) is 8.07. The van der Waals surface area contributed by atoms with Gasteiger partial charge in [0.15, 0.2) is 0 Å². The van der Waals surface area contributed by atoms with Crippen molar-refractivity contribution in [2.75, 3.05) is 0 Å². The molecule has 0 bridgehead atoms. The largest absolute Gasteiger partial charge is 0.463 e. The minimum absolute atomic E-state index is 0.0664. The number of carbonyl (C=O) groups is 3. The number of esters is 1. The van der Waals surface area contributed by atoms with Crippen LogP contribution in [0.4, 0.5) is 0 Å². The highest BCUT2D eigenvalue weighted by Gasteiger charge is 2.56. The van der Waals surface area contributed by atoms with Crippen molar-refractivity contribution in [1.82, 2.24) is 0 Å². The molecular weight excluding hydrogens is 292 g/mol. The molecule has 2 unspecified atom stereocenters. The first-order chi connectivity index (χ1) is 11.0. The molecule has 2 fully saturated rings. The molecule has 2 saturated carbocycles. The van der Waals surface area contributed by atoms with E-state index in [4.69, 9.17) is 4.74 Å². The highest BCUT2D eigenvalue weighted by molar-refractivity contribution is 6.13. The average molecular weight is 322 g/mol. The van der Waals surface area contributed by atoms with E-state index in [-0.39, 0.29) is 29.6 Å². The van der Waals surface area contributed by atoms with Gasteiger partial charge in [-0.15, -0.1) is 0 Å². The fourth-order valence-electron chi connectivity index (χ4n) is 4.54. The van der Waals surface area contributed by atoms with Crippen LogP contribution >= 0.6 is 0 Å². The number of hydrogen-bond acceptors (Lipinski definition) is 4. The molecule has 0 aliphatic heterocycles. The number of rotatable bonds is 8. The summed E-state index contributed by atoms with van der Waals surface area (Å²) in [6.45, 7) is 3.61. The fraction of sp³-hybridized carbons (Fsp3) is 0.842. The fourth-order valence-corrected chi connectivity index (χ4v) is 4.54. The van der Waals surface area contributed by atoms with Crippen LogP contribution in [-0.2, 0) is 19.1 Å². The molecule has 130 valence electrons. The molecule has 0 amide bonds. The first-order valence-electron chi connectivity index (χ1n) is 9.24. The van der Waals surface area contributed by atoms with Gasteiger partial charge < -0.3 is 4.74 Å². The SMILES string of the molecule is CCCCCC(CCC1CCCC12C(=O)CCC2=O)OC(C)=O. The molecule has 0 aromatic heterocycles. The van der Waals surface area contributed by atoms with Crippen LogP contribution in [0, 0.1) is 11.3 Å². The van der Waals surface area contributed by atoms with Crippen molar-refractivity contribution in [3.63, 3.8) is 0 Å². The van der Waals surface area contributed by atoms with Crippen LogP contribution in [0.5, 0.6) is 0 Å². The van der Waals surface area contributed by atoms with Crippen molar-refractivity contribution >= 4 is 17.5 Å². The Morgan fingerprint density at radius 2 is 1.91 bits per heavy atom. The molecular formula is C19H30O4. The maximum atomic E-state index is 12.3. The molecule has 0 aromatic carbocycles. The number of unbranched alkanes of at least 4 members (excludes halogenated alkanes) is 2. The molecule has 4 nitrogen and oxygen atoms in total. The highest BCUT2D eigenvalue weighted by atomic mass is 16.5. The summed E-state index contributed by atoms with van der Waals surface area (Å²) in [6, 6.07) is 0. The van der Waals surface area contributed by atoms with Crippen LogP contribution < -0.4 is 0 Å². The molecule has 0 aromatic rings. The Bertz CT molecular complexity index is 438. The van der Waals surface area contributed by atoms with Crippen LogP contribution in [-0.4, -0.2) is 23.6 Å². The van der Waals surface area contributed by atoms with Crippen LogP contribution in [0.15, 0.2) is 0 Å². The number of ether oxygens (including phenoxy) is 1. The summed E-state index contributed by atoms with van der Waals surface area (Å²) in [5, 5.41) is 0. The van der Waals surface area contributed by atoms with Gasteiger partial charge in [0.05, 0.1) is 5.41 Å². The van der Waals surface area contributed by atoms with Crippen molar-refractivity contribution in [3.8, 4) is 0 Å². The van der Waals surface area contributed by atoms with Gasteiger partial charge in [-0.2, -0.15) is 0 Å². The zero-order valence-corrected chi connectivity index (χ0v) is 14.6. The Kier molecular flexibility index (Phi) is 6.37. The van der Waals surface area contributed by atoms with Crippen LogP contribution in [0.3, 0.4) is 0 Å². The summed E-state index contributed by atoms with van der Waals surface area (Å²) in [7, 11) is 0. The second-order valence-corrected chi connectivity index (χ2v) is 7.21. The lowest BCUT2D eigenvalue weighted by Crippen LogP contribution is -2.37. The Morgan fingerprint density at radius 1 is 1.22 bits per heavy atom. The first-order valence-corrected chi connectivity index (χ1v) is 9.24. The monoisotopic (exact) mass is 322 g/mol. The molecule has 1 spiro atoms. The highest BCUT2D eigenvalue weighted by Crippen LogP contribution is 2.51. The lowest BCUT2D eigenvalue weighted by Gasteiger charge is -2.29. The van der Waals surface area contributed by atoms with Gasteiger partial charge in [0.1, 0.15) is 17.7 Å². The molecule has 0 N–H and O–H groups in total. The third-order valence-corrected chi connectivity index (χ3v) is 5.69. The van der Waals surface area contributed by atoms with Crippen molar-refractivity contribution in [2.45, 2.75) is 90.6 Å². The maximum absolute atomic E-state index is 12.3. The predicted molar refractivity (Wildman–Crippen MR) is 88.0 cm³/mol. The van der Waals surface area contributed by atoms with Gasteiger partial charge in [-0.1, -0.05) is 26.2 Å². The normalized spacial score (nSPS) is 24.3. The van der Waals surface area contributed by atoms with Crippen molar-refractivity contribution < 1.29 is 19.1 Å². The maximum Gasteiger partial charge on any atom is 0.302 e. The van der Waals surface area contributed by atoms with Gasteiger partial charge in [-0.3, -0.25) is 14.4 Å². The van der Waals surface area contributed by atoms with E-state index in [0.29, 0.717) is 12.8 Å². The van der Waals surface area contributed by atoms with E-state index in [0.717, 1.165) is 57.8 Å². The summed E-state index contributed by atoms with van der Waals surface area (Å²) in [5.41, 5.74) is -0.676. The molecule has 0 saturated heterocycles. The predicted octanol–water partition coefficient (Wildman–Crippen LogP) is 4.00. The third kappa shape index (κ3) is 4.02. The van der Waals surface area contributed by atoms with Crippen LogP contribution in [0.25, 0.3) is 0 Å². The number of ketones is 2. The minimum Gasteiger partial charge on any atom is -0.463 e. The third-order valence-electron chi connectivity index (χ3n) is 5.69. The molecule has 23 heavy (non-hydrogen) atoms. The summed E-state index contributed by atoms with van der Waals surface area (Å²) < 4.78 is 5.45. The van der Waals surface area contributed by atoms with Gasteiger partial charge in [0.25, 0.3) is 0 Å². The average Bonchev–Trinajstić information content (AvgIpc) is 3.05. The lowest BCUT2D eigenvalue weighted by molar-refractivity contribution is -0.148. The van der Waals surface area contributed by atoms with Crippen molar-refractivity contribution in [2.24, 2.45) is 11.3 Å². The lowest BCUT2D eigenvalue weighted by atomic mass is 9.72. The summed E-state index contributed by atoms with van der Waals surface area (Å²) in [4.78, 5) is 36.0. The zero-order valence-electron chi connectivity index (χ0n) is 14.6. The Morgan fingerprint density at radius 3 is 2.52 bits per heavy atom.